The number of rotatable bonds is 6. The Hall–Kier alpha value is -3.28. The Bertz CT molecular complexity index is 768. The van der Waals surface area contributed by atoms with Gasteiger partial charge >= 0.3 is 0 Å². The highest BCUT2D eigenvalue weighted by Gasteiger charge is 2.10. The van der Waals surface area contributed by atoms with Gasteiger partial charge in [0.25, 0.3) is 5.91 Å². The van der Waals surface area contributed by atoms with E-state index in [9.17, 15) is 14.7 Å². The van der Waals surface area contributed by atoms with Crippen LogP contribution in [0.15, 0.2) is 54.2 Å². The van der Waals surface area contributed by atoms with Crippen molar-refractivity contribution in [3.8, 4) is 11.5 Å². The molecule has 1 N–H and O–H groups in total. The molecule has 0 saturated carbocycles. The number of nitrogens with one attached hydrogen (secondary N) is 1. The van der Waals surface area contributed by atoms with Crippen LogP contribution in [0, 0.1) is 0 Å². The van der Waals surface area contributed by atoms with Gasteiger partial charge in [0.15, 0.2) is 0 Å². The van der Waals surface area contributed by atoms with Gasteiger partial charge in [-0.05, 0) is 30.3 Å². The SMILES string of the molecule is COc1ccc(/C=C(/NC(=O)c2ccccc2)C(=O)[O-])c(OC)c1. The predicted molar refractivity (Wildman–Crippen MR) is 86.4 cm³/mol. The van der Waals surface area contributed by atoms with Crippen LogP contribution in [0.25, 0.3) is 6.08 Å². The van der Waals surface area contributed by atoms with Crippen LogP contribution in [0.1, 0.15) is 15.9 Å². The summed E-state index contributed by atoms with van der Waals surface area (Å²) in [7, 11) is 2.96. The Morgan fingerprint density at radius 1 is 1.04 bits per heavy atom. The molecule has 124 valence electrons. The summed E-state index contributed by atoms with van der Waals surface area (Å²) in [6.45, 7) is 0. The molecule has 2 rings (SSSR count). The minimum atomic E-state index is -1.50. The highest BCUT2D eigenvalue weighted by molar-refractivity contribution is 6.02. The molecule has 0 bridgehead atoms. The van der Waals surface area contributed by atoms with Gasteiger partial charge in [0.1, 0.15) is 11.5 Å². The summed E-state index contributed by atoms with van der Waals surface area (Å²) in [6, 6.07) is 13.2. The summed E-state index contributed by atoms with van der Waals surface area (Å²) < 4.78 is 10.3. The van der Waals surface area contributed by atoms with Crippen LogP contribution >= 0.6 is 0 Å². The van der Waals surface area contributed by atoms with Crippen LogP contribution in [0.3, 0.4) is 0 Å². The molecule has 0 fully saturated rings. The molecule has 0 aliphatic rings. The van der Waals surface area contributed by atoms with E-state index in [1.165, 1.54) is 20.3 Å². The third-order valence-corrected chi connectivity index (χ3v) is 3.24. The van der Waals surface area contributed by atoms with E-state index in [1.807, 2.05) is 0 Å². The summed E-state index contributed by atoms with van der Waals surface area (Å²) >= 11 is 0. The van der Waals surface area contributed by atoms with Gasteiger partial charge in [-0.25, -0.2) is 0 Å². The first-order valence-corrected chi connectivity index (χ1v) is 7.06. The van der Waals surface area contributed by atoms with Crippen molar-refractivity contribution in [3.63, 3.8) is 0 Å². The number of hydrogen-bond donors (Lipinski definition) is 1. The Labute approximate surface area is 139 Å². The Kier molecular flexibility index (Phi) is 5.57. The number of amides is 1. The lowest BCUT2D eigenvalue weighted by Gasteiger charge is -2.13. The van der Waals surface area contributed by atoms with Crippen molar-refractivity contribution in [1.29, 1.82) is 0 Å². The summed E-state index contributed by atoms with van der Waals surface area (Å²) in [6.07, 6.45) is 1.27. The molecular formula is C18H16NO5-. The van der Waals surface area contributed by atoms with Crippen molar-refractivity contribution in [2.45, 2.75) is 0 Å². The molecule has 0 radical (unpaired) electrons. The topological polar surface area (TPSA) is 87.7 Å². The van der Waals surface area contributed by atoms with E-state index >= 15 is 0 Å². The highest BCUT2D eigenvalue weighted by Crippen LogP contribution is 2.26. The molecule has 1 amide bonds. The molecule has 6 heteroatoms. The smallest absolute Gasteiger partial charge is 0.255 e. The van der Waals surface area contributed by atoms with Gasteiger partial charge in [-0.3, -0.25) is 4.79 Å². The van der Waals surface area contributed by atoms with Crippen LogP contribution in [-0.2, 0) is 4.79 Å². The summed E-state index contributed by atoms with van der Waals surface area (Å²) in [4.78, 5) is 23.4. The van der Waals surface area contributed by atoms with Crippen molar-refractivity contribution < 1.29 is 24.2 Å². The Balaban J connectivity index is 2.32. The van der Waals surface area contributed by atoms with E-state index in [1.54, 1.807) is 48.5 Å². The van der Waals surface area contributed by atoms with Gasteiger partial charge in [-0.15, -0.1) is 0 Å². The minimum absolute atomic E-state index is 0.339. The van der Waals surface area contributed by atoms with E-state index in [-0.39, 0.29) is 5.70 Å². The predicted octanol–water partition coefficient (Wildman–Crippen LogP) is 1.22. The van der Waals surface area contributed by atoms with Crippen LogP contribution in [0.4, 0.5) is 0 Å². The van der Waals surface area contributed by atoms with Crippen molar-refractivity contribution in [1.82, 2.24) is 5.32 Å². The molecule has 0 saturated heterocycles. The normalized spacial score (nSPS) is 10.8. The van der Waals surface area contributed by atoms with Crippen LogP contribution in [0.5, 0.6) is 11.5 Å². The second-order valence-electron chi connectivity index (χ2n) is 4.77. The Morgan fingerprint density at radius 3 is 2.33 bits per heavy atom. The fourth-order valence-corrected chi connectivity index (χ4v) is 2.02. The number of aliphatic carboxylic acids is 1. The lowest BCUT2D eigenvalue weighted by molar-refractivity contribution is -0.299. The number of hydrogen-bond acceptors (Lipinski definition) is 5. The minimum Gasteiger partial charge on any atom is -0.543 e. The lowest BCUT2D eigenvalue weighted by atomic mass is 10.1. The van der Waals surface area contributed by atoms with E-state index < -0.39 is 11.9 Å². The zero-order chi connectivity index (χ0) is 17.5. The monoisotopic (exact) mass is 326 g/mol. The van der Waals surface area contributed by atoms with Crippen molar-refractivity contribution in [3.05, 3.63) is 65.4 Å². The fourth-order valence-electron chi connectivity index (χ4n) is 2.02. The van der Waals surface area contributed by atoms with Crippen molar-refractivity contribution in [2.24, 2.45) is 0 Å². The summed E-state index contributed by atoms with van der Waals surface area (Å²) in [5, 5.41) is 13.7. The maximum Gasteiger partial charge on any atom is 0.255 e. The average Bonchev–Trinajstić information content (AvgIpc) is 2.61. The van der Waals surface area contributed by atoms with E-state index in [0.717, 1.165) is 0 Å². The molecule has 2 aromatic rings. The Morgan fingerprint density at radius 2 is 1.75 bits per heavy atom. The molecule has 0 aromatic heterocycles. The van der Waals surface area contributed by atoms with Gasteiger partial charge in [0.2, 0.25) is 0 Å². The number of carboxylic acids is 1. The molecule has 0 atom stereocenters. The molecular weight excluding hydrogens is 310 g/mol. The molecule has 0 spiro atoms. The van der Waals surface area contributed by atoms with Crippen LogP contribution in [-0.4, -0.2) is 26.1 Å². The molecule has 6 nitrogen and oxygen atoms in total. The average molecular weight is 326 g/mol. The highest BCUT2D eigenvalue weighted by atomic mass is 16.5. The van der Waals surface area contributed by atoms with Gasteiger partial charge in [0, 0.05) is 17.2 Å². The van der Waals surface area contributed by atoms with Gasteiger partial charge < -0.3 is 24.7 Å². The van der Waals surface area contributed by atoms with Gasteiger partial charge in [-0.2, -0.15) is 0 Å². The molecule has 0 aliphatic heterocycles. The summed E-state index contributed by atoms with van der Waals surface area (Å²) in [5.74, 6) is -1.08. The first-order chi connectivity index (χ1) is 11.5. The third-order valence-electron chi connectivity index (χ3n) is 3.24. The van der Waals surface area contributed by atoms with E-state index in [4.69, 9.17) is 9.47 Å². The molecule has 24 heavy (non-hydrogen) atoms. The standard InChI is InChI=1S/C18H17NO5/c1-23-14-9-8-13(16(11-14)24-2)10-15(18(21)22)19-17(20)12-6-4-3-5-7-12/h3-11H,1-2H3,(H,19,20)(H,21,22)/p-1/b15-10+. The van der Waals surface area contributed by atoms with Crippen LogP contribution < -0.4 is 19.9 Å². The van der Waals surface area contributed by atoms with Gasteiger partial charge in [-0.1, -0.05) is 18.2 Å². The number of ether oxygens (including phenoxy) is 2. The first kappa shape index (κ1) is 17.1. The van der Waals surface area contributed by atoms with E-state index in [0.29, 0.717) is 22.6 Å². The summed E-state index contributed by atoms with van der Waals surface area (Å²) in [5.41, 5.74) is 0.435. The maximum absolute atomic E-state index is 12.1. The quantitative estimate of drug-likeness (QED) is 0.807. The van der Waals surface area contributed by atoms with Gasteiger partial charge in [0.05, 0.1) is 25.9 Å². The van der Waals surface area contributed by atoms with E-state index in [2.05, 4.69) is 5.32 Å². The maximum atomic E-state index is 12.1. The zero-order valence-electron chi connectivity index (χ0n) is 13.2. The third kappa shape index (κ3) is 4.13. The zero-order valence-corrected chi connectivity index (χ0v) is 13.2. The lowest BCUT2D eigenvalue weighted by Crippen LogP contribution is -2.35. The number of methoxy groups -OCH3 is 2. The van der Waals surface area contributed by atoms with Crippen LogP contribution in [0.2, 0.25) is 0 Å². The second-order valence-corrected chi connectivity index (χ2v) is 4.77. The molecule has 0 heterocycles. The van der Waals surface area contributed by atoms with Crippen molar-refractivity contribution in [2.75, 3.05) is 14.2 Å². The fraction of sp³-hybridized carbons (Fsp3) is 0.111. The number of carbonyl (C=O) groups excluding carboxylic acids is 2. The number of carbonyl (C=O) groups is 2. The van der Waals surface area contributed by atoms with Crippen molar-refractivity contribution >= 4 is 18.0 Å². The molecule has 2 aromatic carbocycles. The molecule has 0 unspecified atom stereocenters. The second kappa shape index (κ2) is 7.82. The molecule has 0 aliphatic carbocycles. The first-order valence-electron chi connectivity index (χ1n) is 7.06. The number of carboxylic acid groups (broad SMARTS) is 1. The largest absolute Gasteiger partial charge is 0.543 e. The number of benzene rings is 2.